The maximum absolute atomic E-state index is 10.6. The van der Waals surface area contributed by atoms with Crippen LogP contribution in [0.5, 0.6) is 0 Å². The van der Waals surface area contributed by atoms with E-state index in [0.717, 1.165) is 12.4 Å². The van der Waals surface area contributed by atoms with Crippen LogP contribution in [-0.2, 0) is 9.53 Å². The van der Waals surface area contributed by atoms with Crippen LogP contribution >= 0.6 is 0 Å². The molecule has 1 fully saturated rings. The van der Waals surface area contributed by atoms with Gasteiger partial charge in [-0.25, -0.2) is 9.97 Å². The molecule has 0 bridgehead atoms. The van der Waals surface area contributed by atoms with Gasteiger partial charge in [0.05, 0.1) is 19.1 Å². The summed E-state index contributed by atoms with van der Waals surface area (Å²) in [7, 11) is 0. The Balaban J connectivity index is 2.04. The van der Waals surface area contributed by atoms with Crippen molar-refractivity contribution in [1.29, 1.82) is 0 Å². The fraction of sp³-hybridized carbons (Fsp3) is 0.545. The summed E-state index contributed by atoms with van der Waals surface area (Å²) in [5.74, 6) is 0.704. The number of hydrogen-bond acceptors (Lipinski definition) is 5. The van der Waals surface area contributed by atoms with E-state index in [2.05, 4.69) is 9.97 Å². The average Bonchev–Trinajstić information content (AvgIpc) is 2.28. The number of carbonyl (C=O) groups is 1. The number of nitrogens with zero attached hydrogens (tertiary/aromatic N) is 3. The van der Waals surface area contributed by atoms with E-state index in [4.69, 9.17) is 9.84 Å². The summed E-state index contributed by atoms with van der Waals surface area (Å²) < 4.78 is 5.40. The van der Waals surface area contributed by atoms with E-state index in [9.17, 15) is 4.79 Å². The number of aromatic nitrogens is 2. The first-order valence-corrected chi connectivity index (χ1v) is 5.53. The highest BCUT2D eigenvalue weighted by molar-refractivity contribution is 5.67. The minimum Gasteiger partial charge on any atom is -0.481 e. The molecule has 17 heavy (non-hydrogen) atoms. The van der Waals surface area contributed by atoms with Crippen molar-refractivity contribution < 1.29 is 14.6 Å². The smallest absolute Gasteiger partial charge is 0.306 e. The zero-order valence-electron chi connectivity index (χ0n) is 9.67. The van der Waals surface area contributed by atoms with Crippen molar-refractivity contribution in [3.8, 4) is 0 Å². The summed E-state index contributed by atoms with van der Waals surface area (Å²) >= 11 is 0. The third-order valence-electron chi connectivity index (χ3n) is 2.63. The number of ether oxygens (including phenoxy) is 1. The Hall–Kier alpha value is -1.69. The van der Waals surface area contributed by atoms with E-state index in [0.29, 0.717) is 19.0 Å². The fourth-order valence-electron chi connectivity index (χ4n) is 1.87. The molecule has 0 aromatic carbocycles. The Bertz CT molecular complexity index is 411. The summed E-state index contributed by atoms with van der Waals surface area (Å²) in [4.78, 5) is 21.0. The van der Waals surface area contributed by atoms with Crippen LogP contribution in [0.4, 0.5) is 5.82 Å². The van der Waals surface area contributed by atoms with Gasteiger partial charge in [-0.1, -0.05) is 0 Å². The van der Waals surface area contributed by atoms with Crippen molar-refractivity contribution in [3.63, 3.8) is 0 Å². The predicted octanol–water partition coefficient (Wildman–Crippen LogP) is 0.465. The Morgan fingerprint density at radius 1 is 1.71 bits per heavy atom. The summed E-state index contributed by atoms with van der Waals surface area (Å²) in [6.45, 7) is 3.65. The van der Waals surface area contributed by atoms with Crippen molar-refractivity contribution in [2.24, 2.45) is 0 Å². The minimum absolute atomic E-state index is 0.0283. The Morgan fingerprint density at radius 2 is 2.53 bits per heavy atom. The lowest BCUT2D eigenvalue weighted by atomic mass is 10.2. The Morgan fingerprint density at radius 3 is 3.24 bits per heavy atom. The quantitative estimate of drug-likeness (QED) is 0.823. The van der Waals surface area contributed by atoms with Crippen LogP contribution in [-0.4, -0.2) is 46.8 Å². The van der Waals surface area contributed by atoms with E-state index in [-0.39, 0.29) is 12.5 Å². The molecular weight excluding hydrogens is 222 g/mol. The van der Waals surface area contributed by atoms with Gasteiger partial charge in [0, 0.05) is 19.3 Å². The minimum atomic E-state index is -0.837. The van der Waals surface area contributed by atoms with Crippen molar-refractivity contribution in [1.82, 2.24) is 9.97 Å². The maximum atomic E-state index is 10.6. The monoisotopic (exact) mass is 237 g/mol. The highest BCUT2D eigenvalue weighted by atomic mass is 16.5. The van der Waals surface area contributed by atoms with Crippen LogP contribution in [0.25, 0.3) is 0 Å². The Kier molecular flexibility index (Phi) is 3.53. The topological polar surface area (TPSA) is 75.6 Å². The van der Waals surface area contributed by atoms with Gasteiger partial charge >= 0.3 is 5.97 Å². The first-order chi connectivity index (χ1) is 8.15. The molecule has 1 aliphatic heterocycles. The van der Waals surface area contributed by atoms with E-state index >= 15 is 0 Å². The van der Waals surface area contributed by atoms with E-state index in [1.807, 2.05) is 17.9 Å². The molecule has 1 unspecified atom stereocenters. The van der Waals surface area contributed by atoms with Gasteiger partial charge in [0.2, 0.25) is 0 Å². The van der Waals surface area contributed by atoms with Crippen molar-refractivity contribution >= 4 is 11.8 Å². The number of anilines is 1. The third kappa shape index (κ3) is 3.13. The number of hydrogen-bond donors (Lipinski definition) is 1. The molecule has 1 saturated heterocycles. The van der Waals surface area contributed by atoms with E-state index in [1.165, 1.54) is 0 Å². The van der Waals surface area contributed by atoms with Crippen LogP contribution in [0, 0.1) is 6.92 Å². The average molecular weight is 237 g/mol. The van der Waals surface area contributed by atoms with Gasteiger partial charge in [0.15, 0.2) is 0 Å². The molecule has 1 aromatic rings. The highest BCUT2D eigenvalue weighted by Gasteiger charge is 2.23. The molecule has 2 heterocycles. The molecule has 0 amide bonds. The zero-order valence-corrected chi connectivity index (χ0v) is 9.67. The second-order valence-corrected chi connectivity index (χ2v) is 4.00. The summed E-state index contributed by atoms with van der Waals surface area (Å²) in [6, 6.07) is 1.83. The second-order valence-electron chi connectivity index (χ2n) is 4.00. The standard InChI is InChI=1S/C11H15N3O3/c1-8-12-3-2-10(13-8)14-4-5-17-9(7-14)6-11(15)16/h2-3,9H,4-7H2,1H3,(H,15,16). The summed E-state index contributed by atoms with van der Waals surface area (Å²) in [5.41, 5.74) is 0. The molecule has 0 spiro atoms. The van der Waals surface area contributed by atoms with Gasteiger partial charge in [0.1, 0.15) is 11.6 Å². The van der Waals surface area contributed by atoms with Gasteiger partial charge in [-0.15, -0.1) is 0 Å². The van der Waals surface area contributed by atoms with Crippen LogP contribution in [0.1, 0.15) is 12.2 Å². The number of morpholine rings is 1. The lowest BCUT2D eigenvalue weighted by Gasteiger charge is -2.33. The van der Waals surface area contributed by atoms with Gasteiger partial charge in [-0.05, 0) is 13.0 Å². The molecule has 1 N–H and O–H groups in total. The zero-order chi connectivity index (χ0) is 12.3. The maximum Gasteiger partial charge on any atom is 0.306 e. The van der Waals surface area contributed by atoms with Gasteiger partial charge < -0.3 is 14.7 Å². The number of aliphatic carboxylic acids is 1. The third-order valence-corrected chi connectivity index (χ3v) is 2.63. The largest absolute Gasteiger partial charge is 0.481 e. The molecule has 6 heteroatoms. The Labute approximate surface area is 99.2 Å². The molecule has 1 aliphatic rings. The molecule has 2 rings (SSSR count). The molecule has 1 aromatic heterocycles. The van der Waals surface area contributed by atoms with Crippen LogP contribution in [0.3, 0.4) is 0 Å². The van der Waals surface area contributed by atoms with Crippen LogP contribution in [0.2, 0.25) is 0 Å². The first kappa shape index (κ1) is 11.8. The van der Waals surface area contributed by atoms with Gasteiger partial charge in [-0.3, -0.25) is 4.79 Å². The molecule has 6 nitrogen and oxygen atoms in total. The molecule has 1 atom stereocenters. The number of aryl methyl sites for hydroxylation is 1. The number of carboxylic acids is 1. The van der Waals surface area contributed by atoms with Crippen molar-refractivity contribution in [3.05, 3.63) is 18.1 Å². The fourth-order valence-corrected chi connectivity index (χ4v) is 1.87. The normalized spacial score (nSPS) is 20.3. The van der Waals surface area contributed by atoms with Crippen molar-refractivity contribution in [2.75, 3.05) is 24.6 Å². The highest BCUT2D eigenvalue weighted by Crippen LogP contribution is 2.16. The first-order valence-electron chi connectivity index (χ1n) is 5.53. The van der Waals surface area contributed by atoms with Crippen LogP contribution in [0.15, 0.2) is 12.3 Å². The molecule has 0 saturated carbocycles. The number of carboxylic acid groups (broad SMARTS) is 1. The summed E-state index contributed by atoms with van der Waals surface area (Å²) in [6.07, 6.45) is 1.47. The molecular formula is C11H15N3O3. The predicted molar refractivity (Wildman–Crippen MR) is 61.0 cm³/mol. The number of rotatable bonds is 3. The lowest BCUT2D eigenvalue weighted by molar-refractivity contribution is -0.140. The lowest BCUT2D eigenvalue weighted by Crippen LogP contribution is -2.43. The van der Waals surface area contributed by atoms with Gasteiger partial charge in [0.25, 0.3) is 0 Å². The van der Waals surface area contributed by atoms with Crippen LogP contribution < -0.4 is 4.90 Å². The van der Waals surface area contributed by atoms with E-state index in [1.54, 1.807) is 6.20 Å². The van der Waals surface area contributed by atoms with E-state index < -0.39 is 5.97 Å². The molecule has 0 aliphatic carbocycles. The molecule has 0 radical (unpaired) electrons. The van der Waals surface area contributed by atoms with Crippen molar-refractivity contribution in [2.45, 2.75) is 19.4 Å². The summed E-state index contributed by atoms with van der Waals surface area (Å²) in [5, 5.41) is 8.74. The molecule has 92 valence electrons. The van der Waals surface area contributed by atoms with Gasteiger partial charge in [-0.2, -0.15) is 0 Å². The second kappa shape index (κ2) is 5.09. The SMILES string of the molecule is Cc1nccc(N2CCOC(CC(=O)O)C2)n1.